The van der Waals surface area contributed by atoms with E-state index in [1.165, 1.54) is 6.07 Å². The van der Waals surface area contributed by atoms with E-state index in [1.807, 2.05) is 43.3 Å². The summed E-state index contributed by atoms with van der Waals surface area (Å²) in [6.45, 7) is 1.88. The molecule has 6 heteroatoms. The Morgan fingerprint density at radius 1 is 1.00 bits per heavy atom. The number of rotatable bonds is 4. The topological polar surface area (TPSA) is 56.8 Å². The van der Waals surface area contributed by atoms with Crippen LogP contribution in [0.25, 0.3) is 11.2 Å². The standard InChI is InChI=1S/C20H18FN5/c1-13-22-16-12-17(24-14-8-4-3-5-9-14)20(25-19(16)23-13)26(2)18-11-7-6-10-15(18)21/h3-12,24H,1-2H3,(H,22,23,25). The normalized spacial score (nSPS) is 10.9. The van der Waals surface area contributed by atoms with E-state index < -0.39 is 0 Å². The number of aryl methyl sites for hydroxylation is 1. The zero-order chi connectivity index (χ0) is 18.1. The van der Waals surface area contributed by atoms with Crippen molar-refractivity contribution in [3.63, 3.8) is 0 Å². The molecule has 2 heterocycles. The number of aromatic amines is 1. The predicted molar refractivity (Wildman–Crippen MR) is 103 cm³/mol. The molecule has 0 spiro atoms. The summed E-state index contributed by atoms with van der Waals surface area (Å²) in [6.07, 6.45) is 0. The molecule has 0 saturated heterocycles. The molecule has 0 aliphatic carbocycles. The third kappa shape index (κ3) is 2.97. The summed E-state index contributed by atoms with van der Waals surface area (Å²) < 4.78 is 14.3. The summed E-state index contributed by atoms with van der Waals surface area (Å²) in [4.78, 5) is 14.0. The minimum atomic E-state index is -0.305. The van der Waals surface area contributed by atoms with Crippen molar-refractivity contribution in [3.8, 4) is 0 Å². The van der Waals surface area contributed by atoms with Crippen LogP contribution in [0.1, 0.15) is 5.82 Å². The molecule has 0 radical (unpaired) electrons. The minimum Gasteiger partial charge on any atom is -0.352 e. The number of fused-ring (bicyclic) bond motifs is 1. The lowest BCUT2D eigenvalue weighted by Gasteiger charge is -2.22. The third-order valence-corrected chi connectivity index (χ3v) is 4.16. The van der Waals surface area contributed by atoms with Gasteiger partial charge in [-0.1, -0.05) is 30.3 Å². The molecule has 0 aliphatic heterocycles. The van der Waals surface area contributed by atoms with Gasteiger partial charge in [0.2, 0.25) is 0 Å². The SMILES string of the molecule is Cc1nc2nc(N(C)c3ccccc3F)c(Nc3ccccc3)cc2[nH]1. The number of nitrogens with zero attached hydrogens (tertiary/aromatic N) is 3. The van der Waals surface area contributed by atoms with E-state index in [-0.39, 0.29) is 5.82 Å². The zero-order valence-corrected chi connectivity index (χ0v) is 14.5. The van der Waals surface area contributed by atoms with Crippen molar-refractivity contribution < 1.29 is 4.39 Å². The van der Waals surface area contributed by atoms with Gasteiger partial charge in [-0.3, -0.25) is 0 Å². The molecule has 0 fully saturated rings. The van der Waals surface area contributed by atoms with Gasteiger partial charge in [-0.05, 0) is 37.3 Å². The quantitative estimate of drug-likeness (QED) is 0.550. The van der Waals surface area contributed by atoms with Crippen LogP contribution in [0.4, 0.5) is 27.3 Å². The summed E-state index contributed by atoms with van der Waals surface area (Å²) >= 11 is 0. The summed E-state index contributed by atoms with van der Waals surface area (Å²) in [5.74, 6) is 1.07. The second-order valence-corrected chi connectivity index (χ2v) is 6.05. The van der Waals surface area contributed by atoms with Crippen molar-refractivity contribution in [2.75, 3.05) is 17.3 Å². The number of aromatic nitrogens is 3. The van der Waals surface area contributed by atoms with Crippen molar-refractivity contribution in [1.29, 1.82) is 0 Å². The van der Waals surface area contributed by atoms with Crippen LogP contribution in [-0.4, -0.2) is 22.0 Å². The molecule has 2 aromatic carbocycles. The van der Waals surface area contributed by atoms with Crippen LogP contribution in [0.15, 0.2) is 60.7 Å². The Morgan fingerprint density at radius 2 is 1.73 bits per heavy atom. The summed E-state index contributed by atoms with van der Waals surface area (Å²) in [5, 5.41) is 3.37. The molecule has 0 unspecified atom stereocenters. The fourth-order valence-corrected chi connectivity index (χ4v) is 2.92. The Morgan fingerprint density at radius 3 is 2.50 bits per heavy atom. The Bertz CT molecular complexity index is 1060. The Hall–Kier alpha value is -3.41. The number of hydrogen-bond donors (Lipinski definition) is 2. The minimum absolute atomic E-state index is 0.305. The molecule has 0 bridgehead atoms. The molecule has 4 rings (SSSR count). The van der Waals surface area contributed by atoms with E-state index >= 15 is 0 Å². The number of nitrogens with one attached hydrogen (secondary N) is 2. The average Bonchev–Trinajstić information content (AvgIpc) is 3.01. The van der Waals surface area contributed by atoms with Crippen LogP contribution in [0.5, 0.6) is 0 Å². The highest BCUT2D eigenvalue weighted by molar-refractivity contribution is 5.86. The molecule has 0 saturated carbocycles. The number of pyridine rings is 1. The lowest BCUT2D eigenvalue weighted by Crippen LogP contribution is -2.15. The molecule has 2 N–H and O–H groups in total. The zero-order valence-electron chi connectivity index (χ0n) is 14.5. The van der Waals surface area contributed by atoms with E-state index in [1.54, 1.807) is 30.1 Å². The highest BCUT2D eigenvalue weighted by Crippen LogP contribution is 2.34. The van der Waals surface area contributed by atoms with Gasteiger partial charge in [-0.2, -0.15) is 0 Å². The second kappa shape index (κ2) is 6.48. The van der Waals surface area contributed by atoms with Crippen LogP contribution in [0.3, 0.4) is 0 Å². The highest BCUT2D eigenvalue weighted by atomic mass is 19.1. The number of H-pyrrole nitrogens is 1. The first kappa shape index (κ1) is 16.1. The van der Waals surface area contributed by atoms with Gasteiger partial charge >= 0.3 is 0 Å². The Balaban J connectivity index is 1.85. The number of para-hydroxylation sites is 2. The van der Waals surface area contributed by atoms with Crippen LogP contribution in [0.2, 0.25) is 0 Å². The number of imidazole rings is 1. The molecule has 5 nitrogen and oxygen atoms in total. The molecule has 130 valence electrons. The summed E-state index contributed by atoms with van der Waals surface area (Å²) in [5.41, 5.74) is 3.56. The predicted octanol–water partition coefficient (Wildman–Crippen LogP) is 4.92. The number of hydrogen-bond acceptors (Lipinski definition) is 4. The largest absolute Gasteiger partial charge is 0.352 e. The fraction of sp³-hybridized carbons (Fsp3) is 0.100. The average molecular weight is 347 g/mol. The molecule has 2 aromatic heterocycles. The maximum atomic E-state index is 14.3. The summed E-state index contributed by atoms with van der Waals surface area (Å²) in [7, 11) is 1.79. The van der Waals surface area contributed by atoms with Gasteiger partial charge in [0.15, 0.2) is 11.5 Å². The first-order valence-electron chi connectivity index (χ1n) is 8.29. The fourth-order valence-electron chi connectivity index (χ4n) is 2.92. The van der Waals surface area contributed by atoms with Crippen LogP contribution in [0, 0.1) is 12.7 Å². The Kier molecular flexibility index (Phi) is 4.01. The maximum absolute atomic E-state index is 14.3. The number of anilines is 4. The molecule has 0 atom stereocenters. The van der Waals surface area contributed by atoms with Crippen molar-refractivity contribution >= 4 is 34.0 Å². The lowest BCUT2D eigenvalue weighted by atomic mass is 10.2. The monoisotopic (exact) mass is 347 g/mol. The van der Waals surface area contributed by atoms with Crippen LogP contribution >= 0.6 is 0 Å². The van der Waals surface area contributed by atoms with Gasteiger partial charge in [0, 0.05) is 12.7 Å². The summed E-state index contributed by atoms with van der Waals surface area (Å²) in [6, 6.07) is 18.4. The van der Waals surface area contributed by atoms with Crippen molar-refractivity contribution in [2.45, 2.75) is 6.92 Å². The van der Waals surface area contributed by atoms with Gasteiger partial charge in [0.25, 0.3) is 0 Å². The molecule has 0 amide bonds. The first-order chi connectivity index (χ1) is 12.6. The highest BCUT2D eigenvalue weighted by Gasteiger charge is 2.17. The first-order valence-corrected chi connectivity index (χ1v) is 8.29. The third-order valence-electron chi connectivity index (χ3n) is 4.16. The van der Waals surface area contributed by atoms with Crippen LogP contribution in [-0.2, 0) is 0 Å². The van der Waals surface area contributed by atoms with Crippen LogP contribution < -0.4 is 10.2 Å². The van der Waals surface area contributed by atoms with E-state index in [0.717, 1.165) is 22.7 Å². The molecule has 26 heavy (non-hydrogen) atoms. The molecular weight excluding hydrogens is 329 g/mol. The van der Waals surface area contributed by atoms with E-state index in [0.29, 0.717) is 17.2 Å². The van der Waals surface area contributed by atoms with E-state index in [2.05, 4.69) is 20.3 Å². The maximum Gasteiger partial charge on any atom is 0.179 e. The van der Waals surface area contributed by atoms with Crippen molar-refractivity contribution in [2.24, 2.45) is 0 Å². The van der Waals surface area contributed by atoms with E-state index in [9.17, 15) is 4.39 Å². The van der Waals surface area contributed by atoms with Gasteiger partial charge in [-0.15, -0.1) is 0 Å². The lowest BCUT2D eigenvalue weighted by molar-refractivity contribution is 0.627. The smallest absolute Gasteiger partial charge is 0.179 e. The Labute approximate surface area is 150 Å². The number of benzene rings is 2. The van der Waals surface area contributed by atoms with Gasteiger partial charge < -0.3 is 15.2 Å². The van der Waals surface area contributed by atoms with Gasteiger partial charge in [-0.25, -0.2) is 14.4 Å². The van der Waals surface area contributed by atoms with Gasteiger partial charge in [0.05, 0.1) is 16.9 Å². The molecule has 4 aromatic rings. The van der Waals surface area contributed by atoms with Crippen molar-refractivity contribution in [3.05, 3.63) is 72.3 Å². The van der Waals surface area contributed by atoms with Crippen molar-refractivity contribution in [1.82, 2.24) is 15.0 Å². The van der Waals surface area contributed by atoms with E-state index in [4.69, 9.17) is 0 Å². The second-order valence-electron chi connectivity index (χ2n) is 6.05. The van der Waals surface area contributed by atoms with Gasteiger partial charge in [0.1, 0.15) is 11.6 Å². The number of halogens is 1. The molecular formula is C20H18FN5. The molecule has 0 aliphatic rings.